The highest BCUT2D eigenvalue weighted by Gasteiger charge is 2.27. The Balaban J connectivity index is 2.37. The van der Waals surface area contributed by atoms with E-state index in [1.807, 2.05) is 6.07 Å². The van der Waals surface area contributed by atoms with Gasteiger partial charge in [-0.05, 0) is 6.42 Å². The second-order valence-electron chi connectivity index (χ2n) is 3.23. The smallest absolute Gasteiger partial charge is 0.339 e. The summed E-state index contributed by atoms with van der Waals surface area (Å²) in [5, 5.41) is 11.7. The van der Waals surface area contributed by atoms with E-state index in [4.69, 9.17) is 9.78 Å². The number of halogens is 3. The van der Waals surface area contributed by atoms with Crippen molar-refractivity contribution in [1.82, 2.24) is 10.1 Å². The second-order valence-corrected chi connectivity index (χ2v) is 3.23. The highest BCUT2D eigenvalue weighted by atomic mass is 19.4. The van der Waals surface area contributed by atoms with Crippen molar-refractivity contribution in [1.29, 1.82) is 5.26 Å². The van der Waals surface area contributed by atoms with Crippen molar-refractivity contribution >= 4 is 0 Å². The van der Waals surface area contributed by atoms with E-state index in [9.17, 15) is 13.2 Å². The normalized spacial score (nSPS) is 11.4. The van der Waals surface area contributed by atoms with E-state index in [1.165, 1.54) is 0 Å². The molecule has 1 aromatic heterocycles. The molecule has 0 atom stereocenters. The molecule has 0 radical (unpaired) electrons. The zero-order valence-electron chi connectivity index (χ0n) is 8.42. The molecule has 16 heavy (non-hydrogen) atoms. The molecule has 0 N–H and O–H groups in total. The first-order valence-corrected chi connectivity index (χ1v) is 4.76. The summed E-state index contributed by atoms with van der Waals surface area (Å²) in [5.41, 5.74) is 0. The Morgan fingerprint density at radius 3 is 2.69 bits per heavy atom. The van der Waals surface area contributed by atoms with Gasteiger partial charge in [0.05, 0.1) is 12.5 Å². The van der Waals surface area contributed by atoms with Gasteiger partial charge in [-0.15, -0.1) is 0 Å². The lowest BCUT2D eigenvalue weighted by Crippen LogP contribution is -2.09. The fourth-order valence-electron chi connectivity index (χ4n) is 1.07. The average Bonchev–Trinajstić information content (AvgIpc) is 2.62. The Bertz CT molecular complexity index is 367. The molecule has 0 unspecified atom stereocenters. The summed E-state index contributed by atoms with van der Waals surface area (Å²) < 4.78 is 40.4. The predicted octanol–water partition coefficient (Wildman–Crippen LogP) is 2.41. The highest BCUT2D eigenvalue weighted by molar-refractivity contribution is 4.88. The summed E-state index contributed by atoms with van der Waals surface area (Å²) in [7, 11) is 0. The largest absolute Gasteiger partial charge is 0.389 e. The third-order valence-corrected chi connectivity index (χ3v) is 1.82. The van der Waals surface area contributed by atoms with Crippen LogP contribution in [0.1, 0.15) is 31.0 Å². The fourth-order valence-corrected chi connectivity index (χ4v) is 1.07. The van der Waals surface area contributed by atoms with Crippen molar-refractivity contribution in [2.45, 2.75) is 38.3 Å². The topological polar surface area (TPSA) is 62.7 Å². The maximum Gasteiger partial charge on any atom is 0.389 e. The van der Waals surface area contributed by atoms with Crippen LogP contribution in [0.2, 0.25) is 0 Å². The molecule has 1 aromatic rings. The predicted molar refractivity (Wildman–Crippen MR) is 47.2 cm³/mol. The summed E-state index contributed by atoms with van der Waals surface area (Å²) >= 11 is 0. The van der Waals surface area contributed by atoms with Gasteiger partial charge < -0.3 is 4.52 Å². The van der Waals surface area contributed by atoms with Gasteiger partial charge in [0.1, 0.15) is 0 Å². The van der Waals surface area contributed by atoms with E-state index in [0.717, 1.165) is 0 Å². The third-order valence-electron chi connectivity index (χ3n) is 1.82. The minimum Gasteiger partial charge on any atom is -0.339 e. The van der Waals surface area contributed by atoms with Gasteiger partial charge in [0, 0.05) is 19.3 Å². The molecule has 4 nitrogen and oxygen atoms in total. The SMILES string of the molecule is N#CCCCc1nc(CCC(F)(F)F)no1. The lowest BCUT2D eigenvalue weighted by molar-refractivity contribution is -0.134. The lowest BCUT2D eigenvalue weighted by atomic mass is 10.2. The highest BCUT2D eigenvalue weighted by Crippen LogP contribution is 2.21. The Labute approximate surface area is 90.1 Å². The summed E-state index contributed by atoms with van der Waals surface area (Å²) in [6, 6.07) is 1.95. The van der Waals surface area contributed by atoms with Crippen molar-refractivity contribution in [3.63, 3.8) is 0 Å². The number of rotatable bonds is 5. The van der Waals surface area contributed by atoms with Gasteiger partial charge in [-0.25, -0.2) is 0 Å². The third kappa shape index (κ3) is 4.77. The molecule has 0 fully saturated rings. The van der Waals surface area contributed by atoms with Crippen LogP contribution in [0.5, 0.6) is 0 Å². The van der Waals surface area contributed by atoms with Crippen LogP contribution in [0.15, 0.2) is 4.52 Å². The maximum absolute atomic E-state index is 11.9. The van der Waals surface area contributed by atoms with Crippen LogP contribution in [0, 0.1) is 11.3 Å². The van der Waals surface area contributed by atoms with Crippen LogP contribution in [-0.2, 0) is 12.8 Å². The van der Waals surface area contributed by atoms with Gasteiger partial charge in [0.25, 0.3) is 0 Å². The first-order chi connectivity index (χ1) is 7.51. The molecule has 0 amide bonds. The molecule has 0 aliphatic carbocycles. The number of nitriles is 1. The zero-order chi connectivity index (χ0) is 12.0. The van der Waals surface area contributed by atoms with Crippen LogP contribution >= 0.6 is 0 Å². The lowest BCUT2D eigenvalue weighted by Gasteiger charge is -2.01. The Hall–Kier alpha value is -1.58. The average molecular weight is 233 g/mol. The molecule has 0 saturated carbocycles. The maximum atomic E-state index is 11.9. The van der Waals surface area contributed by atoms with Gasteiger partial charge in [0.2, 0.25) is 5.89 Å². The van der Waals surface area contributed by atoms with E-state index in [0.29, 0.717) is 19.3 Å². The number of aryl methyl sites for hydroxylation is 2. The van der Waals surface area contributed by atoms with Gasteiger partial charge in [-0.1, -0.05) is 5.16 Å². The quantitative estimate of drug-likeness (QED) is 0.732. The first-order valence-electron chi connectivity index (χ1n) is 4.76. The molecule has 7 heteroatoms. The van der Waals surface area contributed by atoms with E-state index in [2.05, 4.69) is 10.1 Å². The number of hydrogen-bond acceptors (Lipinski definition) is 4. The monoisotopic (exact) mass is 233 g/mol. The minimum absolute atomic E-state index is 0.0595. The fraction of sp³-hybridized carbons (Fsp3) is 0.667. The number of aromatic nitrogens is 2. The molecule has 0 saturated heterocycles. The van der Waals surface area contributed by atoms with E-state index in [-0.39, 0.29) is 18.1 Å². The molecule has 0 aliphatic heterocycles. The molecular formula is C9H10F3N3O. The molecule has 88 valence electrons. The molecule has 0 spiro atoms. The van der Waals surface area contributed by atoms with Gasteiger partial charge in [-0.3, -0.25) is 0 Å². The van der Waals surface area contributed by atoms with Crippen LogP contribution < -0.4 is 0 Å². The molecule has 0 aliphatic rings. The summed E-state index contributed by atoms with van der Waals surface area (Å²) in [6.45, 7) is 0. The van der Waals surface area contributed by atoms with Crippen molar-refractivity contribution in [3.05, 3.63) is 11.7 Å². The summed E-state index contributed by atoms with van der Waals surface area (Å²) in [6.07, 6.45) is -4.08. The number of alkyl halides is 3. The Kier molecular flexibility index (Phi) is 4.28. The molecule has 1 heterocycles. The van der Waals surface area contributed by atoms with Crippen LogP contribution in [-0.4, -0.2) is 16.3 Å². The van der Waals surface area contributed by atoms with E-state index < -0.39 is 12.6 Å². The summed E-state index contributed by atoms with van der Waals surface area (Å²) in [4.78, 5) is 3.80. The Morgan fingerprint density at radius 2 is 2.06 bits per heavy atom. The number of nitrogens with zero attached hydrogens (tertiary/aromatic N) is 3. The van der Waals surface area contributed by atoms with E-state index in [1.54, 1.807) is 0 Å². The summed E-state index contributed by atoms with van der Waals surface area (Å²) in [5.74, 6) is 0.344. The first kappa shape index (κ1) is 12.5. The Morgan fingerprint density at radius 1 is 1.31 bits per heavy atom. The van der Waals surface area contributed by atoms with Crippen molar-refractivity contribution in [2.75, 3.05) is 0 Å². The molecular weight excluding hydrogens is 223 g/mol. The van der Waals surface area contributed by atoms with Crippen molar-refractivity contribution in [3.8, 4) is 6.07 Å². The van der Waals surface area contributed by atoms with Gasteiger partial charge in [-0.2, -0.15) is 23.4 Å². The molecule has 0 bridgehead atoms. The van der Waals surface area contributed by atoms with Crippen LogP contribution in [0.4, 0.5) is 13.2 Å². The van der Waals surface area contributed by atoms with Gasteiger partial charge in [0.15, 0.2) is 5.82 Å². The van der Waals surface area contributed by atoms with Gasteiger partial charge >= 0.3 is 6.18 Å². The second kappa shape index (κ2) is 5.49. The minimum atomic E-state index is -4.21. The van der Waals surface area contributed by atoms with Crippen molar-refractivity contribution in [2.24, 2.45) is 0 Å². The molecule has 1 rings (SSSR count). The number of unbranched alkanes of at least 4 members (excludes halogenated alkanes) is 1. The zero-order valence-corrected chi connectivity index (χ0v) is 8.42. The standard InChI is InChI=1S/C9H10F3N3O/c10-9(11,12)5-4-7-14-8(16-15-7)3-1-2-6-13/h1-5H2. The van der Waals surface area contributed by atoms with Crippen molar-refractivity contribution < 1.29 is 17.7 Å². The van der Waals surface area contributed by atoms with Crippen LogP contribution in [0.3, 0.4) is 0 Å². The molecule has 0 aromatic carbocycles. The van der Waals surface area contributed by atoms with E-state index >= 15 is 0 Å². The number of hydrogen-bond donors (Lipinski definition) is 0. The van der Waals surface area contributed by atoms with Crippen LogP contribution in [0.25, 0.3) is 0 Å².